The standard InChI is InChI=1S/C47H48N10O2.C5H12.C2H6/c1-29(2)37-27-50-45-39(48-4)25-43(53-44(37)45)52-35-8-6-7-34(23-35)38-16-10-31(26-49-38)28-55-19-21-56(22-20-55)36-14-11-32(12-15-36)33-13-18-40-42(24-33)54(5)47(59)57(40)41-17-9-30(3)51-46(41)58;1-4-5(2)3;1-2/h6-8,10-16,18,23-27,41,44,48H,1,3,9,17,19-22,28H2,2,4-5H3,(H,51,58)(H,52,53);5H,4H2,1-3H3;1-2H3. The minimum Gasteiger partial charge on any atom is -0.386 e. The van der Waals surface area contributed by atoms with Gasteiger partial charge in [0.1, 0.15) is 17.9 Å². The van der Waals surface area contributed by atoms with Crippen LogP contribution in [0.2, 0.25) is 0 Å². The highest BCUT2D eigenvalue weighted by Gasteiger charge is 2.32. The van der Waals surface area contributed by atoms with Gasteiger partial charge in [0.15, 0.2) is 0 Å². The quantitative estimate of drug-likeness (QED) is 0.128. The van der Waals surface area contributed by atoms with Crippen molar-refractivity contribution in [1.29, 1.82) is 0 Å². The molecular weight excluding hydrogens is 821 g/mol. The molecular formula is C54H66N10O2. The number of nitrogens with zero attached hydrogens (tertiary/aromatic N) is 7. The molecule has 0 spiro atoms. The van der Waals surface area contributed by atoms with Crippen LogP contribution in [0, 0.1) is 5.92 Å². The van der Waals surface area contributed by atoms with Crippen molar-refractivity contribution < 1.29 is 4.79 Å². The van der Waals surface area contributed by atoms with Crippen molar-refractivity contribution in [2.45, 2.75) is 79.4 Å². The van der Waals surface area contributed by atoms with Crippen LogP contribution in [0.1, 0.15) is 72.4 Å². The second kappa shape index (κ2) is 21.0. The summed E-state index contributed by atoms with van der Waals surface area (Å²) in [6.45, 7) is 25.3. The number of hydrogen-bond donors (Lipinski definition) is 3. The average molecular weight is 887 g/mol. The van der Waals surface area contributed by atoms with E-state index in [0.29, 0.717) is 18.5 Å². The van der Waals surface area contributed by atoms with Crippen molar-refractivity contribution >= 4 is 39.9 Å². The van der Waals surface area contributed by atoms with Crippen LogP contribution in [-0.4, -0.2) is 75.7 Å². The second-order valence-corrected chi connectivity index (χ2v) is 17.5. The average Bonchev–Trinajstić information content (AvgIpc) is 3.88. The largest absolute Gasteiger partial charge is 0.386 e. The minimum atomic E-state index is -0.544. The normalized spacial score (nSPS) is 18.2. The fourth-order valence-electron chi connectivity index (χ4n) is 8.51. The molecule has 0 radical (unpaired) electrons. The van der Waals surface area contributed by atoms with Crippen LogP contribution in [-0.2, 0) is 18.4 Å². The van der Waals surface area contributed by atoms with E-state index in [-0.39, 0.29) is 17.6 Å². The van der Waals surface area contributed by atoms with Crippen LogP contribution < -0.4 is 26.5 Å². The maximum absolute atomic E-state index is 13.3. The first-order valence-corrected chi connectivity index (χ1v) is 23.4. The van der Waals surface area contributed by atoms with Crippen molar-refractivity contribution in [2.24, 2.45) is 23.0 Å². The van der Waals surface area contributed by atoms with E-state index in [1.54, 1.807) is 16.2 Å². The first kappa shape index (κ1) is 47.2. The Bertz CT molecular complexity index is 2760. The second-order valence-electron chi connectivity index (χ2n) is 17.5. The fraction of sp³-hybridized carbons (Fsp3) is 0.352. The van der Waals surface area contributed by atoms with Crippen molar-refractivity contribution in [3.8, 4) is 22.4 Å². The number of amides is 1. The molecule has 3 aromatic carbocycles. The summed E-state index contributed by atoms with van der Waals surface area (Å²) in [5.74, 6) is 1.47. The molecule has 5 aromatic rings. The van der Waals surface area contributed by atoms with Crippen molar-refractivity contribution in [3.63, 3.8) is 0 Å². The Kier molecular flexibility index (Phi) is 15.0. The number of carbonyl (C=O) groups excluding carboxylic acids is 1. The lowest BCUT2D eigenvalue weighted by Crippen LogP contribution is -2.45. The summed E-state index contributed by atoms with van der Waals surface area (Å²) >= 11 is 0. The van der Waals surface area contributed by atoms with Gasteiger partial charge < -0.3 is 20.9 Å². The number of allylic oxidation sites excluding steroid dienone is 1. The predicted molar refractivity (Wildman–Crippen MR) is 274 cm³/mol. The van der Waals surface area contributed by atoms with Crippen LogP contribution in [0.4, 0.5) is 11.4 Å². The SMILES string of the molecule is C=C1CCC(n2c(=O)n(C)c3cc(-c4ccc(N5CCN(Cc6ccc(-c7cccc(NC8=NC9C(C(=C)C)=CN=C9C(NC)=C8)c7)nc6)CC5)cc4)ccc32)C(=O)N1.CC.CCC(C)C. The predicted octanol–water partition coefficient (Wildman–Crippen LogP) is 9.65. The lowest BCUT2D eigenvalue weighted by Gasteiger charge is -2.36. The van der Waals surface area contributed by atoms with Crippen LogP contribution in [0.3, 0.4) is 0 Å². The first-order valence-electron chi connectivity index (χ1n) is 23.4. The molecule has 0 aliphatic carbocycles. The molecule has 9 rings (SSSR count). The Balaban J connectivity index is 0.000000869. The molecule has 2 aromatic heterocycles. The number of aryl methyl sites for hydroxylation is 1. The molecule has 0 saturated carbocycles. The number of anilines is 2. The number of rotatable bonds is 10. The van der Waals surface area contributed by atoms with Gasteiger partial charge in [-0.05, 0) is 84.8 Å². The molecule has 3 N–H and O–H groups in total. The molecule has 2 unspecified atom stereocenters. The summed E-state index contributed by atoms with van der Waals surface area (Å²) in [7, 11) is 3.67. The third-order valence-corrected chi connectivity index (χ3v) is 12.6. The molecule has 12 nitrogen and oxygen atoms in total. The van der Waals surface area contributed by atoms with E-state index in [1.165, 1.54) is 17.7 Å². The Hall–Kier alpha value is -6.79. The van der Waals surface area contributed by atoms with Crippen molar-refractivity contribution in [2.75, 3.05) is 43.4 Å². The van der Waals surface area contributed by atoms with Gasteiger partial charge in [0, 0.05) is 93.5 Å². The van der Waals surface area contributed by atoms with Gasteiger partial charge in [0.2, 0.25) is 5.91 Å². The molecule has 6 heterocycles. The van der Waals surface area contributed by atoms with Crippen LogP contribution in [0.15, 0.2) is 148 Å². The number of amidine groups is 1. The molecule has 2 atom stereocenters. The number of fused-ring (bicyclic) bond motifs is 2. The summed E-state index contributed by atoms with van der Waals surface area (Å²) in [4.78, 5) is 45.4. The number of imidazole rings is 1. The first-order chi connectivity index (χ1) is 31.9. The Morgan fingerprint density at radius 3 is 2.30 bits per heavy atom. The molecule has 4 aliphatic heterocycles. The lowest BCUT2D eigenvalue weighted by atomic mass is 9.96. The highest BCUT2D eigenvalue weighted by Crippen LogP contribution is 2.31. The molecule has 0 bridgehead atoms. The van der Waals surface area contributed by atoms with E-state index in [2.05, 4.69) is 113 Å². The Morgan fingerprint density at radius 1 is 0.924 bits per heavy atom. The molecule has 2 saturated heterocycles. The lowest BCUT2D eigenvalue weighted by molar-refractivity contribution is -0.124. The molecule has 12 heteroatoms. The number of aliphatic imine (C=N–C) groups is 2. The van der Waals surface area contributed by atoms with Gasteiger partial charge in [-0.15, -0.1) is 0 Å². The van der Waals surface area contributed by atoms with E-state index >= 15 is 0 Å². The van der Waals surface area contributed by atoms with Crippen molar-refractivity contribution in [1.82, 2.24) is 29.7 Å². The zero-order chi connectivity index (χ0) is 47.1. The molecule has 1 amide bonds. The van der Waals surface area contributed by atoms with Crippen LogP contribution in [0.5, 0.6) is 0 Å². The zero-order valence-corrected chi connectivity index (χ0v) is 40.0. The van der Waals surface area contributed by atoms with E-state index in [0.717, 1.165) is 106 Å². The number of piperidine rings is 1. The number of piperazine rings is 1. The summed E-state index contributed by atoms with van der Waals surface area (Å²) in [6, 6.07) is 26.5. The van der Waals surface area contributed by atoms with Gasteiger partial charge in [-0.2, -0.15) is 0 Å². The van der Waals surface area contributed by atoms with Gasteiger partial charge in [-0.3, -0.25) is 33.8 Å². The van der Waals surface area contributed by atoms with Gasteiger partial charge in [0.25, 0.3) is 0 Å². The molecule has 4 aliphatic rings. The monoisotopic (exact) mass is 887 g/mol. The van der Waals surface area contributed by atoms with E-state index < -0.39 is 6.04 Å². The van der Waals surface area contributed by atoms with Crippen LogP contribution >= 0.6 is 0 Å². The van der Waals surface area contributed by atoms with Crippen LogP contribution in [0.25, 0.3) is 33.4 Å². The maximum Gasteiger partial charge on any atom is 0.329 e. The number of dihydropyridines is 1. The van der Waals surface area contributed by atoms with E-state index in [1.807, 2.05) is 76.6 Å². The van der Waals surface area contributed by atoms with Gasteiger partial charge in [-0.1, -0.05) is 96.2 Å². The topological polar surface area (TPSA) is 124 Å². The number of nitrogens with one attached hydrogen (secondary N) is 3. The number of pyridine rings is 1. The number of hydrogen-bond acceptors (Lipinski definition) is 9. The minimum absolute atomic E-state index is 0.162. The fourth-order valence-corrected chi connectivity index (χ4v) is 8.51. The number of benzene rings is 3. The Morgan fingerprint density at radius 2 is 1.65 bits per heavy atom. The summed E-state index contributed by atoms with van der Waals surface area (Å²) in [5.41, 5.74) is 13.3. The third kappa shape index (κ3) is 10.3. The third-order valence-electron chi connectivity index (χ3n) is 12.6. The maximum atomic E-state index is 13.3. The summed E-state index contributed by atoms with van der Waals surface area (Å²) in [6.07, 6.45) is 8.38. The van der Waals surface area contributed by atoms with Gasteiger partial charge in [0.05, 0.1) is 28.1 Å². The van der Waals surface area contributed by atoms with E-state index in [4.69, 9.17) is 9.98 Å². The molecule has 2 fully saturated rings. The smallest absolute Gasteiger partial charge is 0.329 e. The highest BCUT2D eigenvalue weighted by atomic mass is 16.2. The summed E-state index contributed by atoms with van der Waals surface area (Å²) < 4.78 is 3.26. The summed E-state index contributed by atoms with van der Waals surface area (Å²) in [5, 5.41) is 9.58. The van der Waals surface area contributed by atoms with Crippen molar-refractivity contribution in [3.05, 3.63) is 149 Å². The molecule has 66 heavy (non-hydrogen) atoms. The van der Waals surface area contributed by atoms with Gasteiger partial charge >= 0.3 is 5.69 Å². The number of carbonyl (C=O) groups is 1. The van der Waals surface area contributed by atoms with E-state index in [9.17, 15) is 9.59 Å². The molecule has 344 valence electrons. The number of aromatic nitrogens is 3. The van der Waals surface area contributed by atoms with Gasteiger partial charge in [-0.25, -0.2) is 4.79 Å². The highest BCUT2D eigenvalue weighted by molar-refractivity contribution is 6.18. The zero-order valence-electron chi connectivity index (χ0n) is 40.0. The Labute approximate surface area is 390 Å².